The quantitative estimate of drug-likeness (QED) is 0.420. The first-order valence-corrected chi connectivity index (χ1v) is 14.3. The molecule has 4 nitrogen and oxygen atoms in total. The molecule has 0 aromatic rings. The Morgan fingerprint density at radius 3 is 2.50 bits per heavy atom. The van der Waals surface area contributed by atoms with Crippen LogP contribution in [0.3, 0.4) is 0 Å². The Hall–Kier alpha value is 1.20. The van der Waals surface area contributed by atoms with Gasteiger partial charge in [-0.25, -0.2) is 0 Å². The number of nitrogens with one attached hydrogen (secondary N) is 3. The van der Waals surface area contributed by atoms with Crippen molar-refractivity contribution in [1.82, 2.24) is 13.4 Å². The third-order valence-corrected chi connectivity index (χ3v) is 18.2. The molecule has 1 saturated heterocycles. The summed E-state index contributed by atoms with van der Waals surface area (Å²) in [4.78, 5) is 3.95. The topological polar surface area (TPSA) is 48.5 Å². The van der Waals surface area contributed by atoms with Crippen molar-refractivity contribution in [3.05, 3.63) is 0 Å². The smallest absolute Gasteiger partial charge is 0.307 e. The summed E-state index contributed by atoms with van der Waals surface area (Å²) in [6, 6.07) is 0.830. The Labute approximate surface area is 114 Å². The van der Waals surface area contributed by atoms with Crippen LogP contribution in [-0.4, -0.2) is 34.4 Å². The second-order valence-corrected chi connectivity index (χ2v) is 18.1. The molecule has 0 aromatic carbocycles. The zero-order chi connectivity index (χ0) is 12.4. The first-order chi connectivity index (χ1) is 7.24. The summed E-state index contributed by atoms with van der Waals surface area (Å²) >= 11 is 12.9. The first-order valence-electron chi connectivity index (χ1n) is 4.90. The average molecular weight is 340 g/mol. The van der Waals surface area contributed by atoms with Gasteiger partial charge in [-0.1, -0.05) is 16.5 Å². The van der Waals surface area contributed by atoms with Crippen molar-refractivity contribution in [2.45, 2.75) is 19.5 Å². The van der Waals surface area contributed by atoms with Crippen LogP contribution in [0.4, 0.5) is 0 Å². The Kier molecular flexibility index (Phi) is 5.20. The second kappa shape index (κ2) is 5.45. The molecular weight excluding hydrogens is 323 g/mol. The lowest BCUT2D eigenvalue weighted by molar-refractivity contribution is 1.14. The van der Waals surface area contributed by atoms with Gasteiger partial charge in [0.15, 0.2) is 0 Å². The Morgan fingerprint density at radius 1 is 1.38 bits per heavy atom. The maximum atomic E-state index is 6.53. The van der Waals surface area contributed by atoms with E-state index in [0.29, 0.717) is 5.75 Å². The highest BCUT2D eigenvalue weighted by atomic mass is 35.7. The SMILES string of the molecule is CC[Si]1(Cl)N[Si](C)(Cl)NS(Cl)(C/C=N/C)N1. The van der Waals surface area contributed by atoms with E-state index in [1.807, 2.05) is 13.5 Å². The van der Waals surface area contributed by atoms with Crippen LogP contribution in [0.5, 0.6) is 0 Å². The molecule has 1 rings (SSSR count). The normalized spacial score (nSPS) is 49.1. The van der Waals surface area contributed by atoms with E-state index in [0.717, 1.165) is 6.04 Å². The summed E-state index contributed by atoms with van der Waals surface area (Å²) < 4.78 is 9.95. The Balaban J connectivity index is 2.87. The number of rotatable bonds is 3. The van der Waals surface area contributed by atoms with E-state index in [1.54, 1.807) is 13.3 Å². The molecule has 3 unspecified atom stereocenters. The molecule has 96 valence electrons. The van der Waals surface area contributed by atoms with Gasteiger partial charge < -0.3 is 4.65 Å². The monoisotopic (exact) mass is 338 g/mol. The molecule has 0 bridgehead atoms. The van der Waals surface area contributed by atoms with Gasteiger partial charge in [-0.05, 0) is 23.3 Å². The minimum Gasteiger partial charge on any atom is -0.310 e. The zero-order valence-electron chi connectivity index (χ0n) is 9.48. The number of aliphatic imine (C=N–C) groups is 1. The van der Waals surface area contributed by atoms with Gasteiger partial charge in [0.1, 0.15) is 0 Å². The predicted octanol–water partition coefficient (Wildman–Crippen LogP) is 2.26. The van der Waals surface area contributed by atoms with Gasteiger partial charge in [-0.3, -0.25) is 13.8 Å². The fourth-order valence-electron chi connectivity index (χ4n) is 1.43. The van der Waals surface area contributed by atoms with E-state index in [1.165, 1.54) is 0 Å². The van der Waals surface area contributed by atoms with Crippen molar-refractivity contribution in [3.8, 4) is 0 Å². The number of hydrogen-bond acceptors (Lipinski definition) is 4. The van der Waals surface area contributed by atoms with Crippen LogP contribution in [0.15, 0.2) is 4.99 Å². The summed E-state index contributed by atoms with van der Waals surface area (Å²) in [6.45, 7) is 4.00. The van der Waals surface area contributed by atoms with E-state index in [9.17, 15) is 0 Å². The molecule has 3 N–H and O–H groups in total. The van der Waals surface area contributed by atoms with Crippen molar-refractivity contribution >= 4 is 64.1 Å². The van der Waals surface area contributed by atoms with Crippen molar-refractivity contribution < 1.29 is 0 Å². The molecule has 0 aliphatic carbocycles. The number of halogens is 3. The average Bonchev–Trinajstić information content (AvgIpc) is 2.11. The Morgan fingerprint density at radius 2 is 2.00 bits per heavy atom. The molecule has 0 aromatic heterocycles. The lowest BCUT2D eigenvalue weighted by Crippen LogP contribution is -2.76. The maximum Gasteiger partial charge on any atom is 0.307 e. The largest absolute Gasteiger partial charge is 0.310 e. The Bertz CT molecular complexity index is 295. The van der Waals surface area contributed by atoms with Crippen molar-refractivity contribution in [2.24, 2.45) is 4.99 Å². The highest BCUT2D eigenvalue weighted by Gasteiger charge is 2.50. The molecule has 1 aliphatic heterocycles. The zero-order valence-corrected chi connectivity index (χ0v) is 14.6. The molecule has 1 fully saturated rings. The summed E-state index contributed by atoms with van der Waals surface area (Å²) in [5, 5.41) is 0. The van der Waals surface area contributed by atoms with E-state index in [4.69, 9.17) is 32.8 Å². The van der Waals surface area contributed by atoms with Crippen LogP contribution in [0.25, 0.3) is 0 Å². The summed E-state index contributed by atoms with van der Waals surface area (Å²) in [5.74, 6) is 0.628. The van der Waals surface area contributed by atoms with Crippen LogP contribution in [-0.2, 0) is 0 Å². The molecule has 16 heavy (non-hydrogen) atoms. The fourth-order valence-corrected chi connectivity index (χ4v) is 22.6. The van der Waals surface area contributed by atoms with Gasteiger partial charge >= 0.3 is 15.4 Å². The molecule has 1 aliphatic rings. The van der Waals surface area contributed by atoms with Gasteiger partial charge in [0.25, 0.3) is 0 Å². The lowest BCUT2D eigenvalue weighted by Gasteiger charge is -2.50. The van der Waals surface area contributed by atoms with Crippen molar-refractivity contribution in [3.63, 3.8) is 0 Å². The third-order valence-electron chi connectivity index (χ3n) is 2.08. The van der Waals surface area contributed by atoms with Crippen molar-refractivity contribution in [2.75, 3.05) is 12.8 Å². The first kappa shape index (κ1) is 15.3. The second-order valence-electron chi connectivity index (χ2n) is 3.75. The fraction of sp³-hybridized carbons (Fsp3) is 0.833. The molecule has 1 heterocycles. The van der Waals surface area contributed by atoms with E-state index >= 15 is 0 Å². The highest BCUT2D eigenvalue weighted by molar-refractivity contribution is 8.50. The van der Waals surface area contributed by atoms with Gasteiger partial charge in [-0.2, -0.15) is 0 Å². The standard InChI is InChI=1S/C6H17Cl3N4SSi2/c1-4-16(9)12-14(7,6-5-10-2)11-15(3,8)13-16/h5,11-13H,4,6H2,1-3H3/b10-5+. The van der Waals surface area contributed by atoms with E-state index < -0.39 is 25.0 Å². The molecular formula is C6H17Cl3N4SSi2. The van der Waals surface area contributed by atoms with Crippen molar-refractivity contribution in [1.29, 1.82) is 0 Å². The minimum absolute atomic E-state index is 0.628. The highest BCUT2D eigenvalue weighted by Crippen LogP contribution is 2.49. The van der Waals surface area contributed by atoms with E-state index in [2.05, 4.69) is 18.4 Å². The van der Waals surface area contributed by atoms with Gasteiger partial charge in [-0.15, -0.1) is 22.2 Å². The molecule has 0 saturated carbocycles. The van der Waals surface area contributed by atoms with Gasteiger partial charge in [0.2, 0.25) is 0 Å². The van der Waals surface area contributed by atoms with Crippen LogP contribution >= 0.6 is 42.5 Å². The lowest BCUT2D eigenvalue weighted by atomic mass is 10.9. The van der Waals surface area contributed by atoms with Crippen LogP contribution < -0.4 is 13.4 Å². The summed E-state index contributed by atoms with van der Waals surface area (Å²) in [7, 11) is 2.05. The number of nitrogens with zero attached hydrogens (tertiary/aromatic N) is 1. The van der Waals surface area contributed by atoms with Crippen LogP contribution in [0.1, 0.15) is 6.92 Å². The summed E-state index contributed by atoms with van der Waals surface area (Å²) in [5.41, 5.74) is 0. The molecule has 0 spiro atoms. The molecule has 0 radical (unpaired) electrons. The molecule has 10 heteroatoms. The number of hydrogen-bond donors (Lipinski definition) is 3. The predicted molar refractivity (Wildman–Crippen MR) is 81.7 cm³/mol. The molecule has 0 amide bonds. The molecule has 3 atom stereocenters. The van der Waals surface area contributed by atoms with E-state index in [-0.39, 0.29) is 0 Å². The maximum absolute atomic E-state index is 6.53. The third kappa shape index (κ3) is 4.14. The summed E-state index contributed by atoms with van der Waals surface area (Å²) in [6.07, 6.45) is 1.79. The minimum atomic E-state index is -2.25. The van der Waals surface area contributed by atoms with Crippen LogP contribution in [0, 0.1) is 0 Å². The van der Waals surface area contributed by atoms with Gasteiger partial charge in [0.05, 0.1) is 0 Å². The van der Waals surface area contributed by atoms with Gasteiger partial charge in [0, 0.05) is 19.0 Å². The van der Waals surface area contributed by atoms with Crippen LogP contribution in [0.2, 0.25) is 12.6 Å².